The van der Waals surface area contributed by atoms with Gasteiger partial charge in [0.25, 0.3) is 0 Å². The maximum absolute atomic E-state index is 12.5. The Morgan fingerprint density at radius 3 is 2.67 bits per heavy atom. The van der Waals surface area contributed by atoms with Crippen LogP contribution in [0, 0.1) is 5.92 Å². The average molecular weight is 351 g/mol. The van der Waals surface area contributed by atoms with Gasteiger partial charge in [-0.3, -0.25) is 4.79 Å². The smallest absolute Gasteiger partial charge is 0.239 e. The molecule has 2 heterocycles. The van der Waals surface area contributed by atoms with E-state index in [4.69, 9.17) is 10.7 Å². The number of rotatable bonds is 4. The third kappa shape index (κ3) is 3.73. The summed E-state index contributed by atoms with van der Waals surface area (Å²) in [7, 11) is 0. The number of H-pyrrole nitrogens is 1. The molecule has 3 N–H and O–H groups in total. The summed E-state index contributed by atoms with van der Waals surface area (Å²) < 4.78 is 0. The standard InChI is InChI=1S/C18H26N4O.ClH/c1-3-12(2)16(19)18(23)22-10-8-13(9-11-22)17-20-14-6-4-5-7-15(14)21-17;/h4-7,12-13,16H,3,8-11,19H2,1-2H3,(H,20,21);1H. The molecule has 0 aliphatic carbocycles. The molecular formula is C18H27ClN4O. The fraction of sp³-hybridized carbons (Fsp3) is 0.556. The molecule has 0 bridgehead atoms. The van der Waals surface area contributed by atoms with E-state index in [1.54, 1.807) is 0 Å². The number of benzene rings is 1. The van der Waals surface area contributed by atoms with Gasteiger partial charge in [0, 0.05) is 19.0 Å². The third-order valence-corrected chi connectivity index (χ3v) is 5.14. The molecule has 1 aliphatic heterocycles. The first-order chi connectivity index (χ1) is 11.1. The van der Waals surface area contributed by atoms with Crippen LogP contribution in [-0.2, 0) is 4.79 Å². The minimum Gasteiger partial charge on any atom is -0.342 e. The van der Waals surface area contributed by atoms with Crippen molar-refractivity contribution in [2.24, 2.45) is 11.7 Å². The number of nitrogens with two attached hydrogens (primary N) is 1. The number of likely N-dealkylation sites (tertiary alicyclic amines) is 1. The van der Waals surface area contributed by atoms with Gasteiger partial charge in [0.2, 0.25) is 5.91 Å². The van der Waals surface area contributed by atoms with E-state index in [2.05, 4.69) is 18.0 Å². The highest BCUT2D eigenvalue weighted by Gasteiger charge is 2.30. The third-order valence-electron chi connectivity index (χ3n) is 5.14. The summed E-state index contributed by atoms with van der Waals surface area (Å²) in [6.07, 6.45) is 2.82. The van der Waals surface area contributed by atoms with Crippen molar-refractivity contribution < 1.29 is 4.79 Å². The summed E-state index contributed by atoms with van der Waals surface area (Å²) in [6.45, 7) is 5.66. The Bertz CT molecular complexity index is 645. The molecule has 3 rings (SSSR count). The van der Waals surface area contributed by atoms with Gasteiger partial charge in [-0.1, -0.05) is 32.4 Å². The number of nitrogens with one attached hydrogen (secondary N) is 1. The van der Waals surface area contributed by atoms with Gasteiger partial charge in [0.15, 0.2) is 0 Å². The molecule has 0 spiro atoms. The van der Waals surface area contributed by atoms with Crippen molar-refractivity contribution in [2.45, 2.75) is 45.1 Å². The number of halogens is 1. The first kappa shape index (κ1) is 18.7. The minimum atomic E-state index is -0.372. The van der Waals surface area contributed by atoms with Gasteiger partial charge >= 0.3 is 0 Å². The first-order valence-corrected chi connectivity index (χ1v) is 8.59. The molecule has 1 saturated heterocycles. The molecule has 1 aliphatic rings. The molecule has 5 nitrogen and oxygen atoms in total. The zero-order valence-corrected chi connectivity index (χ0v) is 15.2. The van der Waals surface area contributed by atoms with Gasteiger partial charge in [0.1, 0.15) is 5.82 Å². The minimum absolute atomic E-state index is 0. The fourth-order valence-corrected chi connectivity index (χ4v) is 3.25. The van der Waals surface area contributed by atoms with Crippen molar-refractivity contribution in [3.8, 4) is 0 Å². The van der Waals surface area contributed by atoms with E-state index in [-0.39, 0.29) is 30.3 Å². The normalized spacial score (nSPS) is 18.2. The van der Waals surface area contributed by atoms with Crippen LogP contribution < -0.4 is 5.73 Å². The highest BCUT2D eigenvalue weighted by atomic mass is 35.5. The lowest BCUT2D eigenvalue weighted by molar-refractivity contribution is -0.134. The molecule has 132 valence electrons. The van der Waals surface area contributed by atoms with Gasteiger partial charge in [-0.25, -0.2) is 4.98 Å². The maximum Gasteiger partial charge on any atom is 0.239 e. The largest absolute Gasteiger partial charge is 0.342 e. The summed E-state index contributed by atoms with van der Waals surface area (Å²) in [5.41, 5.74) is 8.19. The number of carbonyl (C=O) groups is 1. The van der Waals surface area contributed by atoms with Crippen molar-refractivity contribution >= 4 is 29.3 Å². The summed E-state index contributed by atoms with van der Waals surface area (Å²) in [6, 6.07) is 7.73. The lowest BCUT2D eigenvalue weighted by atomic mass is 9.93. The number of imidazole rings is 1. The summed E-state index contributed by atoms with van der Waals surface area (Å²) in [5.74, 6) is 1.77. The number of carbonyl (C=O) groups excluding carboxylic acids is 1. The number of aromatic amines is 1. The van der Waals surface area contributed by atoms with Crippen LogP contribution in [0.1, 0.15) is 44.9 Å². The number of nitrogens with zero attached hydrogens (tertiary/aromatic N) is 2. The quantitative estimate of drug-likeness (QED) is 0.889. The Labute approximate surface area is 149 Å². The van der Waals surface area contributed by atoms with E-state index in [1.807, 2.05) is 30.0 Å². The van der Waals surface area contributed by atoms with Crippen LogP contribution in [0.4, 0.5) is 0 Å². The Balaban J connectivity index is 0.00000208. The molecule has 6 heteroatoms. The lowest BCUT2D eigenvalue weighted by Crippen LogP contribution is -2.49. The number of para-hydroxylation sites is 2. The predicted octanol–water partition coefficient (Wildman–Crippen LogP) is 3.06. The molecule has 1 aromatic carbocycles. The highest BCUT2D eigenvalue weighted by Crippen LogP contribution is 2.28. The highest BCUT2D eigenvalue weighted by molar-refractivity contribution is 5.85. The van der Waals surface area contributed by atoms with Crippen molar-refractivity contribution in [2.75, 3.05) is 13.1 Å². The van der Waals surface area contributed by atoms with Crippen LogP contribution in [0.5, 0.6) is 0 Å². The van der Waals surface area contributed by atoms with Crippen molar-refractivity contribution in [3.05, 3.63) is 30.1 Å². The van der Waals surface area contributed by atoms with Gasteiger partial charge in [-0.15, -0.1) is 12.4 Å². The van der Waals surface area contributed by atoms with Gasteiger partial charge in [0.05, 0.1) is 17.1 Å². The Morgan fingerprint density at radius 2 is 2.04 bits per heavy atom. The molecule has 24 heavy (non-hydrogen) atoms. The second kappa shape index (κ2) is 7.99. The maximum atomic E-state index is 12.5. The Kier molecular flexibility index (Phi) is 6.24. The molecule has 1 fully saturated rings. The topological polar surface area (TPSA) is 75.0 Å². The number of hydrogen-bond donors (Lipinski definition) is 2. The number of aromatic nitrogens is 2. The van der Waals surface area contributed by atoms with E-state index in [9.17, 15) is 4.79 Å². The zero-order chi connectivity index (χ0) is 16.4. The summed E-state index contributed by atoms with van der Waals surface area (Å²) in [5, 5.41) is 0. The number of fused-ring (bicyclic) bond motifs is 1. The Morgan fingerprint density at radius 1 is 1.38 bits per heavy atom. The van der Waals surface area contributed by atoms with Crippen LogP contribution >= 0.6 is 12.4 Å². The van der Waals surface area contributed by atoms with Crippen molar-refractivity contribution in [3.63, 3.8) is 0 Å². The van der Waals surface area contributed by atoms with Crippen LogP contribution in [0.2, 0.25) is 0 Å². The second-order valence-electron chi connectivity index (χ2n) is 6.65. The Hall–Kier alpha value is -1.59. The lowest BCUT2D eigenvalue weighted by Gasteiger charge is -2.34. The van der Waals surface area contributed by atoms with E-state index in [0.29, 0.717) is 5.92 Å². The van der Waals surface area contributed by atoms with E-state index in [1.165, 1.54) is 0 Å². The molecular weight excluding hydrogens is 324 g/mol. The van der Waals surface area contributed by atoms with Gasteiger partial charge < -0.3 is 15.6 Å². The van der Waals surface area contributed by atoms with Crippen LogP contribution in [-0.4, -0.2) is 39.9 Å². The molecule has 0 saturated carbocycles. The molecule has 2 aromatic rings. The monoisotopic (exact) mass is 350 g/mol. The number of piperidine rings is 1. The molecule has 0 radical (unpaired) electrons. The number of hydrogen-bond acceptors (Lipinski definition) is 3. The number of amides is 1. The predicted molar refractivity (Wildman–Crippen MR) is 99.3 cm³/mol. The van der Waals surface area contributed by atoms with E-state index >= 15 is 0 Å². The molecule has 1 aromatic heterocycles. The summed E-state index contributed by atoms with van der Waals surface area (Å²) >= 11 is 0. The summed E-state index contributed by atoms with van der Waals surface area (Å²) in [4.78, 5) is 22.5. The molecule has 2 atom stereocenters. The molecule has 1 amide bonds. The SMILES string of the molecule is CCC(C)C(N)C(=O)N1CCC(c2nc3ccccc3[nH]2)CC1.Cl. The van der Waals surface area contributed by atoms with Crippen LogP contribution in [0.3, 0.4) is 0 Å². The van der Waals surface area contributed by atoms with Gasteiger partial charge in [-0.2, -0.15) is 0 Å². The zero-order valence-electron chi connectivity index (χ0n) is 14.4. The first-order valence-electron chi connectivity index (χ1n) is 8.59. The second-order valence-corrected chi connectivity index (χ2v) is 6.65. The van der Waals surface area contributed by atoms with E-state index in [0.717, 1.165) is 49.2 Å². The average Bonchev–Trinajstić information content (AvgIpc) is 3.04. The van der Waals surface area contributed by atoms with Crippen LogP contribution in [0.15, 0.2) is 24.3 Å². The van der Waals surface area contributed by atoms with E-state index < -0.39 is 0 Å². The van der Waals surface area contributed by atoms with Crippen molar-refractivity contribution in [1.29, 1.82) is 0 Å². The van der Waals surface area contributed by atoms with Crippen molar-refractivity contribution in [1.82, 2.24) is 14.9 Å². The molecule has 2 unspecified atom stereocenters. The van der Waals surface area contributed by atoms with Crippen LogP contribution in [0.25, 0.3) is 11.0 Å². The van der Waals surface area contributed by atoms with Gasteiger partial charge in [-0.05, 0) is 30.9 Å². The fourth-order valence-electron chi connectivity index (χ4n) is 3.25.